The molecule has 0 radical (unpaired) electrons. The standard InChI is InChI=1S/C17H26N2O2/c1-16(2,3)21-15(20)19-17(4)11-14(18-12-17)10-13-8-6-5-7-9-13/h5-9,14,18H,10-12H2,1-4H3,(H,19,20). The number of amides is 1. The van der Waals surface area contributed by atoms with Crippen molar-refractivity contribution >= 4 is 6.09 Å². The van der Waals surface area contributed by atoms with E-state index in [1.807, 2.05) is 26.8 Å². The maximum absolute atomic E-state index is 11.9. The largest absolute Gasteiger partial charge is 0.444 e. The van der Waals surface area contributed by atoms with Gasteiger partial charge in [-0.2, -0.15) is 0 Å². The van der Waals surface area contributed by atoms with Gasteiger partial charge in [0.2, 0.25) is 0 Å². The van der Waals surface area contributed by atoms with E-state index in [2.05, 4.69) is 41.8 Å². The van der Waals surface area contributed by atoms with E-state index in [1.165, 1.54) is 5.56 Å². The molecule has 1 amide bonds. The van der Waals surface area contributed by atoms with Crippen LogP contribution in [0.2, 0.25) is 0 Å². The second-order valence-corrected chi connectivity index (χ2v) is 7.16. The maximum atomic E-state index is 11.9. The Hall–Kier alpha value is -1.55. The number of ether oxygens (including phenoxy) is 1. The van der Waals surface area contributed by atoms with Crippen molar-refractivity contribution in [2.45, 2.75) is 57.7 Å². The summed E-state index contributed by atoms with van der Waals surface area (Å²) in [4.78, 5) is 11.9. The Bertz CT molecular complexity index is 481. The third-order valence-electron chi connectivity index (χ3n) is 3.61. The second kappa shape index (κ2) is 6.06. The molecule has 1 aromatic rings. The molecule has 1 fully saturated rings. The molecule has 1 aliphatic rings. The Morgan fingerprint density at radius 3 is 2.67 bits per heavy atom. The first-order valence-corrected chi connectivity index (χ1v) is 7.54. The van der Waals surface area contributed by atoms with Gasteiger partial charge in [0.25, 0.3) is 0 Å². The minimum atomic E-state index is -0.462. The summed E-state index contributed by atoms with van der Waals surface area (Å²) >= 11 is 0. The molecule has 2 rings (SSSR count). The van der Waals surface area contributed by atoms with E-state index in [-0.39, 0.29) is 11.6 Å². The van der Waals surface area contributed by atoms with Gasteiger partial charge in [-0.1, -0.05) is 30.3 Å². The third kappa shape index (κ3) is 5.05. The van der Waals surface area contributed by atoms with E-state index in [9.17, 15) is 4.79 Å². The fourth-order valence-electron chi connectivity index (χ4n) is 2.75. The number of hydrogen-bond donors (Lipinski definition) is 2. The van der Waals surface area contributed by atoms with Crippen molar-refractivity contribution in [2.24, 2.45) is 0 Å². The van der Waals surface area contributed by atoms with Gasteiger partial charge in [-0.05, 0) is 46.1 Å². The van der Waals surface area contributed by atoms with Gasteiger partial charge in [-0.15, -0.1) is 0 Å². The Morgan fingerprint density at radius 2 is 2.05 bits per heavy atom. The highest BCUT2D eigenvalue weighted by molar-refractivity contribution is 5.68. The average Bonchev–Trinajstić information content (AvgIpc) is 2.69. The Labute approximate surface area is 127 Å². The Morgan fingerprint density at radius 1 is 1.38 bits per heavy atom. The predicted octanol–water partition coefficient (Wildman–Crippen LogP) is 2.87. The molecule has 0 spiro atoms. The van der Waals surface area contributed by atoms with Crippen molar-refractivity contribution in [3.63, 3.8) is 0 Å². The normalized spacial score (nSPS) is 25.6. The Balaban J connectivity index is 1.87. The fraction of sp³-hybridized carbons (Fsp3) is 0.588. The number of rotatable bonds is 3. The van der Waals surface area contributed by atoms with Crippen LogP contribution in [0.15, 0.2) is 30.3 Å². The molecule has 1 aliphatic heterocycles. The minimum Gasteiger partial charge on any atom is -0.444 e. The van der Waals surface area contributed by atoms with Gasteiger partial charge >= 0.3 is 6.09 Å². The van der Waals surface area contributed by atoms with E-state index in [4.69, 9.17) is 4.74 Å². The zero-order chi connectivity index (χ0) is 15.5. The summed E-state index contributed by atoms with van der Waals surface area (Å²) in [5, 5.41) is 6.50. The number of benzene rings is 1. The number of carbonyl (C=O) groups is 1. The number of hydrogen-bond acceptors (Lipinski definition) is 3. The van der Waals surface area contributed by atoms with Crippen LogP contribution in [0.3, 0.4) is 0 Å². The fourth-order valence-corrected chi connectivity index (χ4v) is 2.75. The molecule has 21 heavy (non-hydrogen) atoms. The van der Waals surface area contributed by atoms with Crippen LogP contribution < -0.4 is 10.6 Å². The van der Waals surface area contributed by atoms with Crippen molar-refractivity contribution in [1.29, 1.82) is 0 Å². The first-order chi connectivity index (χ1) is 9.76. The molecule has 2 atom stereocenters. The lowest BCUT2D eigenvalue weighted by atomic mass is 9.95. The maximum Gasteiger partial charge on any atom is 0.408 e. The van der Waals surface area contributed by atoms with Gasteiger partial charge in [0.1, 0.15) is 5.60 Å². The molecule has 1 heterocycles. The molecule has 2 N–H and O–H groups in total. The second-order valence-electron chi connectivity index (χ2n) is 7.16. The lowest BCUT2D eigenvalue weighted by molar-refractivity contribution is 0.0471. The summed E-state index contributed by atoms with van der Waals surface area (Å²) in [5.41, 5.74) is 0.606. The first-order valence-electron chi connectivity index (χ1n) is 7.54. The molecule has 0 aliphatic carbocycles. The highest BCUT2D eigenvalue weighted by atomic mass is 16.6. The summed E-state index contributed by atoms with van der Waals surface area (Å²) < 4.78 is 5.34. The molecule has 4 nitrogen and oxygen atoms in total. The van der Waals surface area contributed by atoms with Crippen LogP contribution in [0.5, 0.6) is 0 Å². The van der Waals surface area contributed by atoms with Gasteiger partial charge < -0.3 is 15.4 Å². The molecule has 2 unspecified atom stereocenters. The number of nitrogens with one attached hydrogen (secondary N) is 2. The summed E-state index contributed by atoms with van der Waals surface area (Å²) in [6.07, 6.45) is 1.54. The molecule has 1 saturated heterocycles. The minimum absolute atomic E-state index is 0.248. The summed E-state index contributed by atoms with van der Waals surface area (Å²) in [5.74, 6) is 0. The van der Waals surface area contributed by atoms with Crippen molar-refractivity contribution in [3.05, 3.63) is 35.9 Å². The van der Waals surface area contributed by atoms with Crippen molar-refractivity contribution in [2.75, 3.05) is 6.54 Å². The summed E-state index contributed by atoms with van der Waals surface area (Å²) in [7, 11) is 0. The van der Waals surface area contributed by atoms with Crippen LogP contribution in [0.1, 0.15) is 39.7 Å². The smallest absolute Gasteiger partial charge is 0.408 e. The molecule has 0 aromatic heterocycles. The molecule has 4 heteroatoms. The van der Waals surface area contributed by atoms with E-state index < -0.39 is 5.60 Å². The highest BCUT2D eigenvalue weighted by Crippen LogP contribution is 2.22. The lowest BCUT2D eigenvalue weighted by Crippen LogP contribution is -2.49. The van der Waals surface area contributed by atoms with Gasteiger partial charge in [0, 0.05) is 12.6 Å². The SMILES string of the molecule is CC1(NC(=O)OC(C)(C)C)CNC(Cc2ccccc2)C1. The van der Waals surface area contributed by atoms with Crippen molar-refractivity contribution in [3.8, 4) is 0 Å². The van der Waals surface area contributed by atoms with E-state index >= 15 is 0 Å². The van der Waals surface area contributed by atoms with Gasteiger partial charge in [0.15, 0.2) is 0 Å². The average molecular weight is 290 g/mol. The molecular weight excluding hydrogens is 264 g/mol. The monoisotopic (exact) mass is 290 g/mol. The van der Waals surface area contributed by atoms with E-state index in [0.29, 0.717) is 6.04 Å². The van der Waals surface area contributed by atoms with Crippen molar-refractivity contribution in [1.82, 2.24) is 10.6 Å². The third-order valence-corrected chi connectivity index (χ3v) is 3.61. The highest BCUT2D eigenvalue weighted by Gasteiger charge is 2.37. The topological polar surface area (TPSA) is 50.4 Å². The zero-order valence-electron chi connectivity index (χ0n) is 13.4. The molecule has 0 saturated carbocycles. The quantitative estimate of drug-likeness (QED) is 0.900. The first kappa shape index (κ1) is 15.8. The molecular formula is C17H26N2O2. The van der Waals surface area contributed by atoms with Gasteiger partial charge in [-0.25, -0.2) is 4.79 Å². The number of carbonyl (C=O) groups excluding carboxylic acids is 1. The van der Waals surface area contributed by atoms with Crippen molar-refractivity contribution < 1.29 is 9.53 Å². The number of alkyl carbamates (subject to hydrolysis) is 1. The van der Waals surface area contributed by atoms with Crippen LogP contribution in [0, 0.1) is 0 Å². The van der Waals surface area contributed by atoms with Crippen LogP contribution in [0.25, 0.3) is 0 Å². The van der Waals surface area contributed by atoms with Crippen LogP contribution in [0.4, 0.5) is 4.79 Å². The predicted molar refractivity (Wildman–Crippen MR) is 84.3 cm³/mol. The van der Waals surface area contributed by atoms with Gasteiger partial charge in [-0.3, -0.25) is 0 Å². The van der Waals surface area contributed by atoms with E-state index in [0.717, 1.165) is 19.4 Å². The Kier molecular flexibility index (Phi) is 4.57. The zero-order valence-corrected chi connectivity index (χ0v) is 13.4. The van der Waals surface area contributed by atoms with Crippen LogP contribution >= 0.6 is 0 Å². The summed E-state index contributed by atoms with van der Waals surface area (Å²) in [6, 6.07) is 10.8. The van der Waals surface area contributed by atoms with Gasteiger partial charge in [0.05, 0.1) is 5.54 Å². The summed E-state index contributed by atoms with van der Waals surface area (Å²) in [6.45, 7) is 8.46. The van der Waals surface area contributed by atoms with E-state index in [1.54, 1.807) is 0 Å². The van der Waals surface area contributed by atoms with Crippen LogP contribution in [-0.2, 0) is 11.2 Å². The van der Waals surface area contributed by atoms with Crippen LogP contribution in [-0.4, -0.2) is 29.8 Å². The molecule has 0 bridgehead atoms. The lowest BCUT2D eigenvalue weighted by Gasteiger charge is -2.27. The molecule has 116 valence electrons. The molecule has 1 aromatic carbocycles.